The van der Waals surface area contributed by atoms with Crippen LogP contribution in [-0.2, 0) is 18.6 Å². The van der Waals surface area contributed by atoms with Gasteiger partial charge in [0.2, 0.25) is 5.96 Å². The molecule has 2 aromatic rings. The van der Waals surface area contributed by atoms with Gasteiger partial charge in [0.05, 0.1) is 29.4 Å². The number of aliphatic imine (C=N–C) groups is 2. The van der Waals surface area contributed by atoms with Crippen LogP contribution >= 0.6 is 19.5 Å². The van der Waals surface area contributed by atoms with Crippen molar-refractivity contribution in [1.29, 1.82) is 0 Å². The summed E-state index contributed by atoms with van der Waals surface area (Å²) in [4.78, 5) is 22.3. The summed E-state index contributed by atoms with van der Waals surface area (Å²) in [6, 6.07) is 11.9. The summed E-state index contributed by atoms with van der Waals surface area (Å²) in [7, 11) is -4.12. The maximum Gasteiger partial charge on any atom is 0.459 e. The fourth-order valence-corrected chi connectivity index (χ4v) is 7.07. The molecule has 0 aliphatic carbocycles. The Morgan fingerprint density at radius 1 is 1.29 bits per heavy atom. The molecule has 11 nitrogen and oxygen atoms in total. The lowest BCUT2D eigenvalue weighted by Gasteiger charge is -2.27. The average Bonchev–Trinajstić information content (AvgIpc) is 3.22. The summed E-state index contributed by atoms with van der Waals surface area (Å²) < 4.78 is 31.1. The van der Waals surface area contributed by atoms with E-state index >= 15 is 0 Å². The van der Waals surface area contributed by atoms with Crippen LogP contribution in [0, 0.1) is 0 Å². The fourth-order valence-electron chi connectivity index (χ4n) is 3.97. The summed E-state index contributed by atoms with van der Waals surface area (Å²) in [5.74, 6) is 0.255. The second kappa shape index (κ2) is 11.9. The molecular formula is C25H32N5O6PS. The normalized spacial score (nSPS) is 23.8. The predicted octanol–water partition coefficient (Wildman–Crippen LogP) is 3.60. The number of aliphatic hydroxyl groups is 1. The Bertz CT molecular complexity index is 1300. The van der Waals surface area contributed by atoms with Crippen LogP contribution in [0.5, 0.6) is 5.75 Å². The lowest BCUT2D eigenvalue weighted by atomic mass is 10.1. The molecule has 2 aliphatic heterocycles. The van der Waals surface area contributed by atoms with Crippen LogP contribution in [0.2, 0.25) is 0 Å². The first kappa shape index (κ1) is 28.1. The number of rotatable bonds is 10. The number of nitrogens with one attached hydrogen (secondary N) is 1. The van der Waals surface area contributed by atoms with Gasteiger partial charge in [-0.15, -0.1) is 11.8 Å². The second-order valence-electron chi connectivity index (χ2n) is 9.17. The van der Waals surface area contributed by atoms with Crippen LogP contribution in [0.3, 0.4) is 0 Å². The Morgan fingerprint density at radius 3 is 2.76 bits per heavy atom. The van der Waals surface area contributed by atoms with Crippen molar-refractivity contribution in [1.82, 2.24) is 9.99 Å². The molecule has 0 radical (unpaired) electrons. The van der Waals surface area contributed by atoms with Crippen LogP contribution < -0.4 is 15.3 Å². The number of aliphatic hydroxyl groups excluding tert-OH is 1. The highest BCUT2D eigenvalue weighted by atomic mass is 32.2. The molecule has 0 bridgehead atoms. The van der Waals surface area contributed by atoms with E-state index in [1.165, 1.54) is 25.0 Å². The zero-order valence-electron chi connectivity index (χ0n) is 21.4. The molecule has 0 spiro atoms. The number of hydrogen-bond donors (Lipinski definition) is 3. The van der Waals surface area contributed by atoms with E-state index < -0.39 is 31.1 Å². The van der Waals surface area contributed by atoms with Crippen molar-refractivity contribution in [3.63, 3.8) is 0 Å². The van der Waals surface area contributed by atoms with Crippen molar-refractivity contribution in [2.45, 2.75) is 56.1 Å². The standard InChI is InChI=1S/C25H32N5O6PS/c1-15(2)35-24(32)16(3)29-37(33,36-21-11-7-9-18-8-5-6-10-19(18)21)34-13-22-20(31)12-23(38-22)30-14-27-25(26)28-17(30)4/h5-11,14-16,20,22-23,31H,4,12-13H2,1-3H3,(H2,26,28)(H,29,33)/t16-,20+,22+,23+,37?/m0/s1. The minimum absolute atomic E-state index is 0.109. The van der Waals surface area contributed by atoms with Crippen LogP contribution in [0.15, 0.2) is 64.8 Å². The number of nitrogens with zero attached hydrogens (tertiary/aromatic N) is 3. The molecule has 1 unspecified atom stereocenters. The molecule has 38 heavy (non-hydrogen) atoms. The Kier molecular flexibility index (Phi) is 8.79. The number of carbonyl (C=O) groups is 1. The summed E-state index contributed by atoms with van der Waals surface area (Å²) in [6.45, 7) is 8.75. The third-order valence-corrected chi connectivity index (χ3v) is 8.97. The first-order valence-corrected chi connectivity index (χ1v) is 14.6. The number of nitrogens with two attached hydrogens (primary N) is 1. The molecule has 1 saturated heterocycles. The van der Waals surface area contributed by atoms with Gasteiger partial charge in [-0.1, -0.05) is 43.0 Å². The maximum absolute atomic E-state index is 14.0. The zero-order chi connectivity index (χ0) is 27.4. The van der Waals surface area contributed by atoms with E-state index in [1.807, 2.05) is 30.3 Å². The highest BCUT2D eigenvalue weighted by molar-refractivity contribution is 8.00. The minimum Gasteiger partial charge on any atom is -0.462 e. The van der Waals surface area contributed by atoms with E-state index in [0.717, 1.165) is 10.8 Å². The molecular weight excluding hydrogens is 529 g/mol. The van der Waals surface area contributed by atoms with Crippen LogP contribution in [0.4, 0.5) is 0 Å². The highest BCUT2D eigenvalue weighted by Gasteiger charge is 2.41. The summed E-state index contributed by atoms with van der Waals surface area (Å²) in [5, 5.41) is 14.4. The van der Waals surface area contributed by atoms with Gasteiger partial charge in [0, 0.05) is 11.8 Å². The lowest BCUT2D eigenvalue weighted by Crippen LogP contribution is -2.37. The quantitative estimate of drug-likeness (QED) is 0.290. The summed E-state index contributed by atoms with van der Waals surface area (Å²) in [6.07, 6.45) is 0.777. The maximum atomic E-state index is 14.0. The van der Waals surface area contributed by atoms with Crippen molar-refractivity contribution >= 4 is 48.5 Å². The van der Waals surface area contributed by atoms with Crippen molar-refractivity contribution in [2.24, 2.45) is 15.7 Å². The monoisotopic (exact) mass is 561 g/mol. The van der Waals surface area contributed by atoms with Gasteiger partial charge in [-0.2, -0.15) is 10.1 Å². The molecule has 0 aromatic heterocycles. The van der Waals surface area contributed by atoms with Gasteiger partial charge in [-0.25, -0.2) is 9.56 Å². The van der Waals surface area contributed by atoms with Gasteiger partial charge in [0.1, 0.15) is 24.0 Å². The molecule has 4 N–H and O–H groups in total. The van der Waals surface area contributed by atoms with Gasteiger partial charge >= 0.3 is 13.7 Å². The minimum atomic E-state index is -4.12. The number of carbonyl (C=O) groups excluding carboxylic acids is 1. The second-order valence-corrected chi connectivity index (χ2v) is 12.3. The first-order chi connectivity index (χ1) is 18.0. The molecule has 5 atom stereocenters. The molecule has 13 heteroatoms. The third-order valence-electron chi connectivity index (χ3n) is 5.80. The number of guanidine groups is 1. The fraction of sp³-hybridized carbons (Fsp3) is 0.400. The third kappa shape index (κ3) is 6.75. The van der Waals surface area contributed by atoms with Gasteiger partial charge in [-0.3, -0.25) is 9.32 Å². The number of ether oxygens (including phenoxy) is 1. The number of hydrogen-bond acceptors (Lipinski definition) is 11. The number of esters is 1. The lowest BCUT2D eigenvalue weighted by molar-refractivity contribution is -0.149. The van der Waals surface area contributed by atoms with E-state index in [2.05, 4.69) is 21.7 Å². The van der Waals surface area contributed by atoms with Crippen molar-refractivity contribution in [2.75, 3.05) is 6.61 Å². The predicted molar refractivity (Wildman–Crippen MR) is 149 cm³/mol. The molecule has 2 aromatic carbocycles. The van der Waals surface area contributed by atoms with Crippen LogP contribution in [0.1, 0.15) is 27.2 Å². The summed E-state index contributed by atoms with van der Waals surface area (Å²) in [5.41, 5.74) is 5.63. The topological polar surface area (TPSA) is 148 Å². The molecule has 2 aliphatic rings. The summed E-state index contributed by atoms with van der Waals surface area (Å²) >= 11 is 1.41. The van der Waals surface area contributed by atoms with Gasteiger partial charge < -0.3 is 25.0 Å². The molecule has 2 heterocycles. The Balaban J connectivity index is 1.51. The van der Waals surface area contributed by atoms with Gasteiger partial charge in [0.25, 0.3) is 0 Å². The molecule has 4 rings (SSSR count). The molecule has 204 valence electrons. The molecule has 1 fully saturated rings. The van der Waals surface area contributed by atoms with Gasteiger partial charge in [-0.05, 0) is 32.2 Å². The Morgan fingerprint density at radius 2 is 2.03 bits per heavy atom. The Hall–Kier alpha value is -2.89. The van der Waals surface area contributed by atoms with E-state index in [-0.39, 0.29) is 24.0 Å². The number of fused-ring (bicyclic) bond motifs is 1. The van der Waals surface area contributed by atoms with E-state index in [0.29, 0.717) is 18.0 Å². The molecule has 0 saturated carbocycles. The number of benzene rings is 2. The van der Waals surface area contributed by atoms with Crippen molar-refractivity contribution in [3.8, 4) is 5.75 Å². The van der Waals surface area contributed by atoms with E-state index in [4.69, 9.17) is 19.5 Å². The Labute approximate surface area is 225 Å². The van der Waals surface area contributed by atoms with Crippen LogP contribution in [0.25, 0.3) is 10.8 Å². The van der Waals surface area contributed by atoms with Crippen molar-refractivity contribution < 1.29 is 28.3 Å². The zero-order valence-corrected chi connectivity index (χ0v) is 23.1. The number of thioether (sulfide) groups is 1. The SMILES string of the molecule is C=C1N=C(N)N=CN1[C@H]1C[C@@H](O)[C@@H](COP(=O)(N[C@@H](C)C(=O)OC(C)C)Oc2cccc3ccccc23)S1. The molecule has 0 amide bonds. The van der Waals surface area contributed by atoms with E-state index in [1.54, 1.807) is 30.9 Å². The largest absolute Gasteiger partial charge is 0.462 e. The highest BCUT2D eigenvalue weighted by Crippen LogP contribution is 2.48. The first-order valence-electron chi connectivity index (χ1n) is 12.1. The average molecular weight is 562 g/mol. The van der Waals surface area contributed by atoms with Crippen molar-refractivity contribution in [3.05, 3.63) is 54.9 Å². The van der Waals surface area contributed by atoms with E-state index in [9.17, 15) is 14.5 Å². The van der Waals surface area contributed by atoms with Gasteiger partial charge in [0.15, 0.2) is 0 Å². The smallest absolute Gasteiger partial charge is 0.459 e. The van der Waals surface area contributed by atoms with Crippen LogP contribution in [-0.4, -0.2) is 63.8 Å².